The molecule has 0 bridgehead atoms. The molecule has 3 aromatic rings. The predicted octanol–water partition coefficient (Wildman–Crippen LogP) is 4.02. The van der Waals surface area contributed by atoms with Gasteiger partial charge in [0.2, 0.25) is 0 Å². The summed E-state index contributed by atoms with van der Waals surface area (Å²) in [6, 6.07) is 14.5. The Kier molecular flexibility index (Phi) is 5.79. The van der Waals surface area contributed by atoms with E-state index in [2.05, 4.69) is 15.6 Å². The zero-order valence-corrected chi connectivity index (χ0v) is 15.6. The Bertz CT molecular complexity index is 1020. The minimum atomic E-state index is -0.387. The van der Waals surface area contributed by atoms with E-state index in [-0.39, 0.29) is 29.9 Å². The number of carbonyl (C=O) groups excluding carboxylic acids is 2. The lowest BCUT2D eigenvalue weighted by Crippen LogP contribution is -2.23. The first-order chi connectivity index (χ1) is 13.4. The molecule has 5 nitrogen and oxygen atoms in total. The molecule has 1 heterocycles. The van der Waals surface area contributed by atoms with Gasteiger partial charge in [0.25, 0.3) is 11.8 Å². The molecule has 0 saturated heterocycles. The largest absolute Gasteiger partial charge is 0.348 e. The number of nitrogens with one attached hydrogen (secondary N) is 2. The van der Waals surface area contributed by atoms with Gasteiger partial charge in [0.15, 0.2) is 0 Å². The lowest BCUT2D eigenvalue weighted by atomic mass is 10.1. The molecule has 0 spiro atoms. The third-order valence-corrected chi connectivity index (χ3v) is 4.47. The van der Waals surface area contributed by atoms with Crippen LogP contribution in [0.1, 0.15) is 37.5 Å². The second kappa shape index (κ2) is 8.43. The second-order valence-corrected chi connectivity index (χ2v) is 6.44. The van der Waals surface area contributed by atoms with Gasteiger partial charge in [0, 0.05) is 24.0 Å². The molecule has 0 atom stereocenters. The molecule has 1 aromatic heterocycles. The number of rotatable bonds is 5. The van der Waals surface area contributed by atoms with Crippen molar-refractivity contribution in [2.24, 2.45) is 0 Å². The van der Waals surface area contributed by atoms with Crippen LogP contribution in [0.25, 0.3) is 0 Å². The van der Waals surface area contributed by atoms with Crippen molar-refractivity contribution in [3.8, 4) is 0 Å². The smallest absolute Gasteiger partial charge is 0.274 e. The summed E-state index contributed by atoms with van der Waals surface area (Å²) in [5, 5.41) is 5.57. The number of halogens is 1. The number of carbonyl (C=O) groups is 2. The van der Waals surface area contributed by atoms with Gasteiger partial charge in [-0.25, -0.2) is 4.39 Å². The van der Waals surface area contributed by atoms with Crippen molar-refractivity contribution in [2.75, 3.05) is 5.32 Å². The van der Waals surface area contributed by atoms with Gasteiger partial charge in [-0.3, -0.25) is 14.6 Å². The van der Waals surface area contributed by atoms with Gasteiger partial charge in [0.05, 0.1) is 0 Å². The van der Waals surface area contributed by atoms with Crippen molar-refractivity contribution in [3.63, 3.8) is 0 Å². The number of amides is 2. The highest BCUT2D eigenvalue weighted by Gasteiger charge is 2.13. The Balaban J connectivity index is 1.68. The van der Waals surface area contributed by atoms with Crippen LogP contribution in [-0.2, 0) is 6.54 Å². The normalized spacial score (nSPS) is 10.4. The average molecular weight is 377 g/mol. The minimum Gasteiger partial charge on any atom is -0.348 e. The number of aryl methyl sites for hydroxylation is 1. The molecule has 28 heavy (non-hydrogen) atoms. The molecule has 2 amide bonds. The zero-order valence-electron chi connectivity index (χ0n) is 15.6. The number of hydrogen-bond acceptors (Lipinski definition) is 3. The van der Waals surface area contributed by atoms with Crippen molar-refractivity contribution in [2.45, 2.75) is 20.4 Å². The Labute approximate surface area is 162 Å². The number of aromatic nitrogens is 1. The third-order valence-electron chi connectivity index (χ3n) is 4.47. The van der Waals surface area contributed by atoms with Gasteiger partial charge in [-0.05, 0) is 60.9 Å². The fourth-order valence-corrected chi connectivity index (χ4v) is 2.66. The van der Waals surface area contributed by atoms with Gasteiger partial charge in [-0.1, -0.05) is 24.3 Å². The molecule has 0 radical (unpaired) electrons. The Morgan fingerprint density at radius 2 is 1.75 bits per heavy atom. The van der Waals surface area contributed by atoms with Crippen LogP contribution in [0, 0.1) is 19.7 Å². The van der Waals surface area contributed by atoms with Crippen LogP contribution < -0.4 is 10.6 Å². The fraction of sp³-hybridized carbons (Fsp3) is 0.136. The summed E-state index contributed by atoms with van der Waals surface area (Å²) in [5.41, 5.74) is 4.00. The lowest BCUT2D eigenvalue weighted by molar-refractivity contribution is 0.0951. The highest BCUT2D eigenvalue weighted by atomic mass is 19.1. The van der Waals surface area contributed by atoms with Gasteiger partial charge in [-0.2, -0.15) is 0 Å². The molecular weight excluding hydrogens is 357 g/mol. The Hall–Kier alpha value is -3.54. The van der Waals surface area contributed by atoms with Crippen LogP contribution in [0.15, 0.2) is 60.8 Å². The van der Waals surface area contributed by atoms with E-state index in [1.165, 1.54) is 30.5 Å². The SMILES string of the molecule is Cc1cccc(NC(=O)c2cc(C(=O)NCc3ccc(F)cc3)ccn2)c1C. The maximum atomic E-state index is 12.9. The van der Waals surface area contributed by atoms with E-state index in [4.69, 9.17) is 0 Å². The molecule has 0 aliphatic carbocycles. The van der Waals surface area contributed by atoms with Gasteiger partial charge in [-0.15, -0.1) is 0 Å². The summed E-state index contributed by atoms with van der Waals surface area (Å²) in [5.74, 6) is -1.06. The monoisotopic (exact) mass is 377 g/mol. The van der Waals surface area contributed by atoms with E-state index < -0.39 is 0 Å². The van der Waals surface area contributed by atoms with E-state index in [1.54, 1.807) is 12.1 Å². The van der Waals surface area contributed by atoms with Crippen LogP contribution in [-0.4, -0.2) is 16.8 Å². The number of hydrogen-bond donors (Lipinski definition) is 2. The van der Waals surface area contributed by atoms with Crippen molar-refractivity contribution in [3.05, 3.63) is 94.6 Å². The van der Waals surface area contributed by atoms with Crippen LogP contribution >= 0.6 is 0 Å². The standard InChI is InChI=1S/C22H20FN3O2/c1-14-4-3-5-19(15(14)2)26-22(28)20-12-17(10-11-24-20)21(27)25-13-16-6-8-18(23)9-7-16/h3-12H,13H2,1-2H3,(H,25,27)(H,26,28). The number of pyridine rings is 1. The highest BCUT2D eigenvalue weighted by Crippen LogP contribution is 2.18. The molecular formula is C22H20FN3O2. The molecule has 0 fully saturated rings. The topological polar surface area (TPSA) is 71.1 Å². The number of nitrogens with zero attached hydrogens (tertiary/aromatic N) is 1. The van der Waals surface area contributed by atoms with E-state index in [0.717, 1.165) is 16.7 Å². The van der Waals surface area contributed by atoms with Crippen LogP contribution in [0.4, 0.5) is 10.1 Å². The van der Waals surface area contributed by atoms with Crippen molar-refractivity contribution in [1.29, 1.82) is 0 Å². The maximum Gasteiger partial charge on any atom is 0.274 e. The summed E-state index contributed by atoms with van der Waals surface area (Å²) >= 11 is 0. The van der Waals surface area contributed by atoms with E-state index >= 15 is 0 Å². The molecule has 0 unspecified atom stereocenters. The summed E-state index contributed by atoms with van der Waals surface area (Å²) in [4.78, 5) is 29.0. The van der Waals surface area contributed by atoms with E-state index in [1.807, 2.05) is 32.0 Å². The number of benzene rings is 2. The fourth-order valence-electron chi connectivity index (χ4n) is 2.66. The maximum absolute atomic E-state index is 12.9. The van der Waals surface area contributed by atoms with Gasteiger partial charge < -0.3 is 10.6 Å². The van der Waals surface area contributed by atoms with Crippen LogP contribution in [0.3, 0.4) is 0 Å². The first-order valence-corrected chi connectivity index (χ1v) is 8.80. The first kappa shape index (κ1) is 19.2. The minimum absolute atomic E-state index is 0.148. The highest BCUT2D eigenvalue weighted by molar-refractivity contribution is 6.05. The molecule has 0 aliphatic rings. The van der Waals surface area contributed by atoms with Crippen molar-refractivity contribution < 1.29 is 14.0 Å². The van der Waals surface area contributed by atoms with Crippen LogP contribution in [0.5, 0.6) is 0 Å². The molecule has 142 valence electrons. The first-order valence-electron chi connectivity index (χ1n) is 8.80. The van der Waals surface area contributed by atoms with E-state index in [9.17, 15) is 14.0 Å². The number of anilines is 1. The summed E-state index contributed by atoms with van der Waals surface area (Å²) < 4.78 is 12.9. The molecule has 0 aliphatic heterocycles. The molecule has 2 aromatic carbocycles. The zero-order chi connectivity index (χ0) is 20.1. The summed E-state index contributed by atoms with van der Waals surface area (Å²) in [6.45, 7) is 4.15. The molecule has 0 saturated carbocycles. The van der Waals surface area contributed by atoms with Crippen molar-refractivity contribution in [1.82, 2.24) is 10.3 Å². The van der Waals surface area contributed by atoms with Gasteiger partial charge >= 0.3 is 0 Å². The average Bonchev–Trinajstić information content (AvgIpc) is 2.71. The molecule has 2 N–H and O–H groups in total. The van der Waals surface area contributed by atoms with E-state index in [0.29, 0.717) is 11.3 Å². The Morgan fingerprint density at radius 3 is 2.50 bits per heavy atom. The van der Waals surface area contributed by atoms with Crippen LogP contribution in [0.2, 0.25) is 0 Å². The third kappa shape index (κ3) is 4.59. The van der Waals surface area contributed by atoms with Gasteiger partial charge in [0.1, 0.15) is 11.5 Å². The second-order valence-electron chi connectivity index (χ2n) is 6.44. The molecule has 3 rings (SSSR count). The lowest BCUT2D eigenvalue weighted by Gasteiger charge is -2.10. The predicted molar refractivity (Wildman–Crippen MR) is 106 cm³/mol. The summed E-state index contributed by atoms with van der Waals surface area (Å²) in [6.07, 6.45) is 1.42. The Morgan fingerprint density at radius 1 is 1.00 bits per heavy atom. The molecule has 6 heteroatoms. The quantitative estimate of drug-likeness (QED) is 0.705. The summed E-state index contributed by atoms with van der Waals surface area (Å²) in [7, 11) is 0. The van der Waals surface area contributed by atoms with Crippen molar-refractivity contribution >= 4 is 17.5 Å².